The predicted octanol–water partition coefficient (Wildman–Crippen LogP) is 3.17. The zero-order valence-electron chi connectivity index (χ0n) is 11.7. The van der Waals surface area contributed by atoms with Crippen LogP contribution in [0.15, 0.2) is 42.9 Å². The minimum Gasteiger partial charge on any atom is -0.340 e. The van der Waals surface area contributed by atoms with E-state index in [4.69, 9.17) is 0 Å². The van der Waals surface area contributed by atoms with E-state index in [0.29, 0.717) is 5.13 Å². The summed E-state index contributed by atoms with van der Waals surface area (Å²) in [4.78, 5) is 21.1. The van der Waals surface area contributed by atoms with Crippen LogP contribution in [0.1, 0.15) is 6.92 Å². The van der Waals surface area contributed by atoms with E-state index in [1.54, 1.807) is 6.33 Å². The van der Waals surface area contributed by atoms with Gasteiger partial charge < -0.3 is 9.88 Å². The Morgan fingerprint density at radius 1 is 1.29 bits per heavy atom. The molecule has 6 heteroatoms. The van der Waals surface area contributed by atoms with E-state index in [9.17, 15) is 4.79 Å². The Morgan fingerprint density at radius 2 is 2.05 bits per heavy atom. The first-order valence-electron chi connectivity index (χ1n) is 6.45. The third-order valence-corrected chi connectivity index (χ3v) is 3.89. The van der Waals surface area contributed by atoms with Crippen LogP contribution in [0.25, 0.3) is 21.8 Å². The molecular weight excluding hydrogens is 284 g/mol. The van der Waals surface area contributed by atoms with Crippen LogP contribution in [0, 0.1) is 0 Å². The van der Waals surface area contributed by atoms with Gasteiger partial charge in [-0.1, -0.05) is 41.7 Å². The molecule has 1 N–H and O–H groups in total. The second kappa shape index (κ2) is 5.49. The topological polar surface area (TPSA) is 59.8 Å². The number of aromatic nitrogens is 3. The summed E-state index contributed by atoms with van der Waals surface area (Å²) in [6, 6.07) is 9.90. The first-order valence-corrected chi connectivity index (χ1v) is 7.27. The molecule has 0 unspecified atom stereocenters. The van der Waals surface area contributed by atoms with Crippen LogP contribution in [-0.2, 0) is 11.8 Å². The fraction of sp³-hybridized carbons (Fsp3) is 0.133. The normalized spacial score (nSPS) is 10.6. The smallest absolute Gasteiger partial charge is 0.223 e. The molecule has 0 radical (unpaired) electrons. The lowest BCUT2D eigenvalue weighted by atomic mass is 10.1. The van der Waals surface area contributed by atoms with Crippen LogP contribution in [0.3, 0.4) is 0 Å². The fourth-order valence-corrected chi connectivity index (χ4v) is 3.01. The molecule has 5 nitrogen and oxygen atoms in total. The Balaban J connectivity index is 2.12. The van der Waals surface area contributed by atoms with Crippen LogP contribution < -0.4 is 5.32 Å². The molecule has 3 rings (SSSR count). The Labute approximate surface area is 126 Å². The van der Waals surface area contributed by atoms with E-state index in [-0.39, 0.29) is 5.91 Å². The molecule has 0 saturated heterocycles. The average molecular weight is 298 g/mol. The monoisotopic (exact) mass is 298 g/mol. The number of amides is 1. The van der Waals surface area contributed by atoms with Crippen molar-refractivity contribution in [3.8, 4) is 21.8 Å². The molecule has 21 heavy (non-hydrogen) atoms. The van der Waals surface area contributed by atoms with Gasteiger partial charge in [0, 0.05) is 25.7 Å². The highest BCUT2D eigenvalue weighted by atomic mass is 32.1. The summed E-state index contributed by atoms with van der Waals surface area (Å²) in [6.45, 7) is 1.48. The van der Waals surface area contributed by atoms with Crippen molar-refractivity contribution in [2.75, 3.05) is 5.32 Å². The number of aryl methyl sites for hydroxylation is 1. The fourth-order valence-electron chi connectivity index (χ4n) is 2.02. The maximum Gasteiger partial charge on any atom is 0.223 e. The minimum atomic E-state index is -0.129. The van der Waals surface area contributed by atoms with Gasteiger partial charge in [-0.3, -0.25) is 4.79 Å². The Hall–Kier alpha value is -2.47. The number of hydrogen-bond donors (Lipinski definition) is 1. The van der Waals surface area contributed by atoms with Crippen molar-refractivity contribution in [2.24, 2.45) is 7.05 Å². The largest absolute Gasteiger partial charge is 0.340 e. The van der Waals surface area contributed by atoms with E-state index in [0.717, 1.165) is 21.8 Å². The molecule has 0 fully saturated rings. The van der Waals surface area contributed by atoms with Crippen molar-refractivity contribution in [2.45, 2.75) is 6.92 Å². The Morgan fingerprint density at radius 3 is 2.67 bits per heavy atom. The highest BCUT2D eigenvalue weighted by Crippen LogP contribution is 2.38. The van der Waals surface area contributed by atoms with Crippen LogP contribution >= 0.6 is 11.3 Å². The summed E-state index contributed by atoms with van der Waals surface area (Å²) in [6.07, 6.45) is 3.69. The SMILES string of the molecule is CC(=O)Nc1nc(-c2ccccc2)c(-c2cn(C)cn2)s1. The zero-order chi connectivity index (χ0) is 14.8. The van der Waals surface area contributed by atoms with Gasteiger partial charge in [-0.25, -0.2) is 9.97 Å². The number of hydrogen-bond acceptors (Lipinski definition) is 4. The third kappa shape index (κ3) is 2.85. The third-order valence-electron chi connectivity index (χ3n) is 2.89. The number of benzene rings is 1. The molecule has 1 aromatic carbocycles. The van der Waals surface area contributed by atoms with Gasteiger partial charge in [0.05, 0.1) is 16.9 Å². The van der Waals surface area contributed by atoms with E-state index in [1.807, 2.05) is 48.1 Å². The molecule has 0 saturated carbocycles. The number of nitrogens with zero attached hydrogens (tertiary/aromatic N) is 3. The number of rotatable bonds is 3. The van der Waals surface area contributed by atoms with E-state index < -0.39 is 0 Å². The molecule has 0 aliphatic rings. The van der Waals surface area contributed by atoms with Gasteiger partial charge in [0.15, 0.2) is 5.13 Å². The van der Waals surface area contributed by atoms with Crippen molar-refractivity contribution >= 4 is 22.4 Å². The quantitative estimate of drug-likeness (QED) is 0.808. The van der Waals surface area contributed by atoms with Crippen molar-refractivity contribution in [3.63, 3.8) is 0 Å². The molecular formula is C15H14N4OS. The average Bonchev–Trinajstić information content (AvgIpc) is 3.05. The molecule has 0 spiro atoms. The lowest BCUT2D eigenvalue weighted by Crippen LogP contribution is -2.04. The van der Waals surface area contributed by atoms with Crippen LogP contribution in [0.4, 0.5) is 5.13 Å². The molecule has 2 aromatic heterocycles. The van der Waals surface area contributed by atoms with Gasteiger partial charge in [0.25, 0.3) is 0 Å². The van der Waals surface area contributed by atoms with Crippen LogP contribution in [0.2, 0.25) is 0 Å². The summed E-state index contributed by atoms with van der Waals surface area (Å²) in [5.41, 5.74) is 2.69. The van der Waals surface area contributed by atoms with E-state index in [1.165, 1.54) is 18.3 Å². The zero-order valence-corrected chi connectivity index (χ0v) is 12.5. The highest BCUT2D eigenvalue weighted by Gasteiger charge is 2.17. The number of anilines is 1. The molecule has 106 valence electrons. The van der Waals surface area contributed by atoms with E-state index in [2.05, 4.69) is 15.3 Å². The van der Waals surface area contributed by atoms with Crippen molar-refractivity contribution < 1.29 is 4.79 Å². The van der Waals surface area contributed by atoms with E-state index >= 15 is 0 Å². The summed E-state index contributed by atoms with van der Waals surface area (Å²) in [7, 11) is 1.93. The first-order chi connectivity index (χ1) is 10.1. The highest BCUT2D eigenvalue weighted by molar-refractivity contribution is 7.19. The molecule has 3 aromatic rings. The molecule has 2 heterocycles. The summed E-state index contributed by atoms with van der Waals surface area (Å²) >= 11 is 1.43. The summed E-state index contributed by atoms with van der Waals surface area (Å²) < 4.78 is 1.89. The lowest BCUT2D eigenvalue weighted by Gasteiger charge is -1.99. The van der Waals surface area contributed by atoms with Crippen molar-refractivity contribution in [1.82, 2.24) is 14.5 Å². The second-order valence-corrected chi connectivity index (χ2v) is 5.67. The van der Waals surface area contributed by atoms with Gasteiger partial charge in [-0.2, -0.15) is 0 Å². The molecule has 0 aliphatic carbocycles. The van der Waals surface area contributed by atoms with Crippen molar-refractivity contribution in [1.29, 1.82) is 0 Å². The maximum atomic E-state index is 11.2. The maximum absolute atomic E-state index is 11.2. The predicted molar refractivity (Wildman–Crippen MR) is 84.1 cm³/mol. The first kappa shape index (κ1) is 13.5. The molecule has 0 bridgehead atoms. The number of carbonyl (C=O) groups is 1. The van der Waals surface area contributed by atoms with Gasteiger partial charge in [-0.15, -0.1) is 0 Å². The number of imidazole rings is 1. The van der Waals surface area contributed by atoms with Crippen molar-refractivity contribution in [3.05, 3.63) is 42.9 Å². The Kier molecular flexibility index (Phi) is 3.53. The van der Waals surface area contributed by atoms with Gasteiger partial charge in [-0.05, 0) is 0 Å². The van der Waals surface area contributed by atoms with Gasteiger partial charge in [0.1, 0.15) is 5.69 Å². The molecule has 0 aliphatic heterocycles. The van der Waals surface area contributed by atoms with Gasteiger partial charge >= 0.3 is 0 Å². The van der Waals surface area contributed by atoms with Gasteiger partial charge in [0.2, 0.25) is 5.91 Å². The second-order valence-electron chi connectivity index (χ2n) is 4.67. The van der Waals surface area contributed by atoms with Crippen LogP contribution in [0.5, 0.6) is 0 Å². The molecule has 0 atom stereocenters. The summed E-state index contributed by atoms with van der Waals surface area (Å²) in [5, 5.41) is 3.33. The molecule has 1 amide bonds. The lowest BCUT2D eigenvalue weighted by molar-refractivity contribution is -0.114. The number of thiazole rings is 1. The Bertz CT molecular complexity index is 776. The number of carbonyl (C=O) groups excluding carboxylic acids is 1. The number of nitrogens with one attached hydrogen (secondary N) is 1. The van der Waals surface area contributed by atoms with Crippen LogP contribution in [-0.4, -0.2) is 20.4 Å². The summed E-state index contributed by atoms with van der Waals surface area (Å²) in [5.74, 6) is -0.129. The minimum absolute atomic E-state index is 0.129. The standard InChI is InChI=1S/C15H14N4OS/c1-10(20)17-15-18-13(11-6-4-3-5-7-11)14(21-15)12-8-19(2)9-16-12/h3-9H,1-2H3,(H,17,18,20).